The average Bonchev–Trinajstić information content (AvgIpc) is 3.27. The number of hydrogen-bond acceptors (Lipinski definition) is 2. The van der Waals surface area contributed by atoms with Crippen molar-refractivity contribution in [2.75, 3.05) is 13.6 Å². The van der Waals surface area contributed by atoms with Gasteiger partial charge in [0.2, 0.25) is 5.91 Å². The minimum Gasteiger partial charge on any atom is -0.481 e. The summed E-state index contributed by atoms with van der Waals surface area (Å²) in [6.45, 7) is 0.270. The van der Waals surface area contributed by atoms with Gasteiger partial charge >= 0.3 is 12.1 Å². The molecule has 0 radical (unpaired) electrons. The Bertz CT molecular complexity index is 609. The molecule has 1 aromatic rings. The molecule has 126 valence electrons. The number of hydrogen-bond donors (Lipinski definition) is 1. The number of benzene rings is 1. The van der Waals surface area contributed by atoms with Crippen LogP contribution in [0.25, 0.3) is 0 Å². The number of alkyl halides is 3. The maximum Gasteiger partial charge on any atom is 0.416 e. The number of halogens is 3. The van der Waals surface area contributed by atoms with Crippen LogP contribution in [0.2, 0.25) is 0 Å². The highest BCUT2D eigenvalue weighted by Crippen LogP contribution is 2.50. The SMILES string of the molecule is CN(CCCC(=O)O)C(=O)C1(c2cccc(C(F)(F)F)c2)CC1. The highest BCUT2D eigenvalue weighted by molar-refractivity contribution is 5.91. The summed E-state index contributed by atoms with van der Waals surface area (Å²) in [5.74, 6) is -1.19. The van der Waals surface area contributed by atoms with Gasteiger partial charge in [-0.05, 0) is 30.9 Å². The highest BCUT2D eigenvalue weighted by atomic mass is 19.4. The Kier molecular flexibility index (Phi) is 4.68. The minimum atomic E-state index is -4.44. The fourth-order valence-corrected chi connectivity index (χ4v) is 2.68. The van der Waals surface area contributed by atoms with Gasteiger partial charge in [0, 0.05) is 20.0 Å². The molecule has 1 aromatic carbocycles. The van der Waals surface area contributed by atoms with Crippen molar-refractivity contribution in [3.8, 4) is 0 Å². The van der Waals surface area contributed by atoms with Crippen molar-refractivity contribution in [1.82, 2.24) is 4.90 Å². The molecule has 0 bridgehead atoms. The quantitative estimate of drug-likeness (QED) is 0.873. The molecule has 0 atom stereocenters. The van der Waals surface area contributed by atoms with Crippen LogP contribution in [-0.4, -0.2) is 35.5 Å². The van der Waals surface area contributed by atoms with E-state index in [1.807, 2.05) is 0 Å². The van der Waals surface area contributed by atoms with Gasteiger partial charge in [-0.25, -0.2) is 0 Å². The molecular weight excluding hydrogens is 311 g/mol. The van der Waals surface area contributed by atoms with Gasteiger partial charge in [-0.15, -0.1) is 0 Å². The smallest absolute Gasteiger partial charge is 0.416 e. The van der Waals surface area contributed by atoms with Crippen LogP contribution in [-0.2, 0) is 21.2 Å². The molecule has 1 aliphatic rings. The van der Waals surface area contributed by atoms with Gasteiger partial charge in [-0.2, -0.15) is 13.2 Å². The van der Waals surface area contributed by atoms with Crippen LogP contribution in [0.4, 0.5) is 13.2 Å². The van der Waals surface area contributed by atoms with Crippen LogP contribution in [0.3, 0.4) is 0 Å². The van der Waals surface area contributed by atoms with Crippen LogP contribution < -0.4 is 0 Å². The summed E-state index contributed by atoms with van der Waals surface area (Å²) in [5.41, 5.74) is -1.27. The number of amides is 1. The molecule has 4 nitrogen and oxygen atoms in total. The second-order valence-electron chi connectivity index (χ2n) is 5.88. The molecule has 1 fully saturated rings. The molecule has 2 rings (SSSR count). The third-order valence-corrected chi connectivity index (χ3v) is 4.13. The highest BCUT2D eigenvalue weighted by Gasteiger charge is 2.52. The van der Waals surface area contributed by atoms with E-state index in [-0.39, 0.29) is 18.9 Å². The van der Waals surface area contributed by atoms with Gasteiger partial charge in [0.15, 0.2) is 0 Å². The molecule has 1 amide bonds. The molecule has 23 heavy (non-hydrogen) atoms. The zero-order chi connectivity index (χ0) is 17.3. The second kappa shape index (κ2) is 6.22. The van der Waals surface area contributed by atoms with Crippen molar-refractivity contribution in [3.05, 3.63) is 35.4 Å². The summed E-state index contributed by atoms with van der Waals surface area (Å²) in [6, 6.07) is 4.89. The third kappa shape index (κ3) is 3.83. The molecule has 1 aliphatic carbocycles. The van der Waals surface area contributed by atoms with Gasteiger partial charge < -0.3 is 10.0 Å². The van der Waals surface area contributed by atoms with E-state index in [0.29, 0.717) is 24.8 Å². The number of rotatable bonds is 6. The maximum absolute atomic E-state index is 12.8. The zero-order valence-corrected chi connectivity index (χ0v) is 12.7. The number of aliphatic carboxylic acids is 1. The Morgan fingerprint density at radius 3 is 2.48 bits per heavy atom. The lowest BCUT2D eigenvalue weighted by atomic mass is 9.92. The minimum absolute atomic E-state index is 0.0474. The fraction of sp³-hybridized carbons (Fsp3) is 0.500. The number of carboxylic acid groups (broad SMARTS) is 1. The Balaban J connectivity index is 2.12. The molecule has 0 spiro atoms. The average molecular weight is 329 g/mol. The molecule has 0 aliphatic heterocycles. The lowest BCUT2D eigenvalue weighted by molar-refractivity contribution is -0.138. The predicted octanol–water partition coefficient (Wildman–Crippen LogP) is 3.06. The zero-order valence-electron chi connectivity index (χ0n) is 12.7. The standard InChI is InChI=1S/C16H18F3NO3/c1-20(9-3-6-13(21)22)14(23)15(7-8-15)11-4-2-5-12(10-11)16(17,18)19/h2,4-5,10H,3,6-9H2,1H3,(H,21,22). The number of carbonyl (C=O) groups excluding carboxylic acids is 1. The van der Waals surface area contributed by atoms with Crippen molar-refractivity contribution in [1.29, 1.82) is 0 Å². The van der Waals surface area contributed by atoms with E-state index in [1.54, 1.807) is 13.1 Å². The van der Waals surface area contributed by atoms with E-state index >= 15 is 0 Å². The second-order valence-corrected chi connectivity index (χ2v) is 5.88. The van der Waals surface area contributed by atoms with Gasteiger partial charge in [-0.1, -0.05) is 18.2 Å². The first kappa shape index (κ1) is 17.3. The molecule has 0 unspecified atom stereocenters. The number of nitrogens with zero attached hydrogens (tertiary/aromatic N) is 1. The molecular formula is C16H18F3NO3. The van der Waals surface area contributed by atoms with E-state index in [9.17, 15) is 22.8 Å². The first-order valence-corrected chi connectivity index (χ1v) is 7.32. The Labute approximate surface area is 131 Å². The van der Waals surface area contributed by atoms with Crippen LogP contribution in [0, 0.1) is 0 Å². The van der Waals surface area contributed by atoms with Crippen LogP contribution in [0.1, 0.15) is 36.8 Å². The summed E-state index contributed by atoms with van der Waals surface area (Å²) in [6.07, 6.45) is -3.15. The van der Waals surface area contributed by atoms with Crippen molar-refractivity contribution >= 4 is 11.9 Å². The molecule has 7 heteroatoms. The maximum atomic E-state index is 12.8. The monoisotopic (exact) mass is 329 g/mol. The van der Waals surface area contributed by atoms with Crippen LogP contribution >= 0.6 is 0 Å². The third-order valence-electron chi connectivity index (χ3n) is 4.13. The lowest BCUT2D eigenvalue weighted by Gasteiger charge is -2.24. The van der Waals surface area contributed by atoms with E-state index in [0.717, 1.165) is 12.1 Å². The lowest BCUT2D eigenvalue weighted by Crippen LogP contribution is -2.37. The van der Waals surface area contributed by atoms with Gasteiger partial charge in [0.25, 0.3) is 0 Å². The van der Waals surface area contributed by atoms with Crippen molar-refractivity contribution < 1.29 is 27.9 Å². The van der Waals surface area contributed by atoms with Crippen molar-refractivity contribution in [3.63, 3.8) is 0 Å². The van der Waals surface area contributed by atoms with Crippen LogP contribution in [0.5, 0.6) is 0 Å². The Morgan fingerprint density at radius 1 is 1.30 bits per heavy atom. The molecule has 1 saturated carbocycles. The summed E-state index contributed by atoms with van der Waals surface area (Å²) in [7, 11) is 1.55. The summed E-state index contributed by atoms with van der Waals surface area (Å²) >= 11 is 0. The summed E-state index contributed by atoms with van der Waals surface area (Å²) in [5, 5.41) is 8.61. The fourth-order valence-electron chi connectivity index (χ4n) is 2.68. The number of carboxylic acids is 1. The van der Waals surface area contributed by atoms with E-state index in [2.05, 4.69) is 0 Å². The van der Waals surface area contributed by atoms with Crippen molar-refractivity contribution in [2.24, 2.45) is 0 Å². The predicted molar refractivity (Wildman–Crippen MR) is 76.9 cm³/mol. The Morgan fingerprint density at radius 2 is 1.96 bits per heavy atom. The number of carbonyl (C=O) groups is 2. The Hall–Kier alpha value is -2.05. The van der Waals surface area contributed by atoms with E-state index in [4.69, 9.17) is 5.11 Å². The van der Waals surface area contributed by atoms with Gasteiger partial charge in [-0.3, -0.25) is 9.59 Å². The summed E-state index contributed by atoms with van der Waals surface area (Å²) in [4.78, 5) is 24.5. The van der Waals surface area contributed by atoms with Gasteiger partial charge in [0.1, 0.15) is 0 Å². The summed E-state index contributed by atoms with van der Waals surface area (Å²) < 4.78 is 38.5. The molecule has 0 saturated heterocycles. The van der Waals surface area contributed by atoms with E-state index < -0.39 is 23.1 Å². The largest absolute Gasteiger partial charge is 0.481 e. The number of likely N-dealkylation sites (N-methyl/N-ethyl adjacent to an activating group) is 1. The molecule has 0 aromatic heterocycles. The van der Waals surface area contributed by atoms with E-state index in [1.165, 1.54) is 11.0 Å². The first-order valence-electron chi connectivity index (χ1n) is 7.32. The van der Waals surface area contributed by atoms with Gasteiger partial charge in [0.05, 0.1) is 11.0 Å². The molecule has 0 heterocycles. The normalized spacial score (nSPS) is 16.0. The van der Waals surface area contributed by atoms with Crippen LogP contribution in [0.15, 0.2) is 24.3 Å². The topological polar surface area (TPSA) is 57.6 Å². The first-order chi connectivity index (χ1) is 10.7. The van der Waals surface area contributed by atoms with Crippen molar-refractivity contribution in [2.45, 2.75) is 37.3 Å². The molecule has 1 N–H and O–H groups in total.